The molecule has 0 spiro atoms. The first-order valence-corrected chi connectivity index (χ1v) is 8.30. The van der Waals surface area contributed by atoms with Crippen LogP contribution in [0.25, 0.3) is 0 Å². The number of hydrogen-bond donors (Lipinski definition) is 1. The maximum Gasteiger partial charge on any atom is 0.416 e. The highest BCUT2D eigenvalue weighted by molar-refractivity contribution is 6.01. The number of carbonyl (C=O) groups excluding carboxylic acids is 1. The molecule has 1 amide bonds. The molecule has 1 aromatic heterocycles. The van der Waals surface area contributed by atoms with E-state index in [1.807, 2.05) is 0 Å². The molecule has 2 aromatic carbocycles. The summed E-state index contributed by atoms with van der Waals surface area (Å²) in [6, 6.07) is 15.4. The van der Waals surface area contributed by atoms with Crippen molar-refractivity contribution in [3.63, 3.8) is 0 Å². The summed E-state index contributed by atoms with van der Waals surface area (Å²) in [6.45, 7) is 0.0457. The first-order valence-electron chi connectivity index (χ1n) is 8.30. The van der Waals surface area contributed by atoms with Crippen LogP contribution in [0.5, 0.6) is 0 Å². The zero-order valence-electron chi connectivity index (χ0n) is 14.0. The number of benzene rings is 2. The van der Waals surface area contributed by atoms with Crippen molar-refractivity contribution in [2.45, 2.75) is 18.9 Å². The predicted molar refractivity (Wildman–Crippen MR) is 92.8 cm³/mol. The number of para-hydroxylation sites is 1. The van der Waals surface area contributed by atoms with Crippen molar-refractivity contribution < 1.29 is 22.4 Å². The molecule has 4 nitrogen and oxygen atoms in total. The number of carbonyl (C=O) groups is 1. The van der Waals surface area contributed by atoms with Crippen LogP contribution in [0.15, 0.2) is 71.3 Å². The molecular formula is C20H15F3N2O2. The van der Waals surface area contributed by atoms with Gasteiger partial charge in [-0.3, -0.25) is 4.79 Å². The number of hydrogen-bond acceptors (Lipinski definition) is 3. The van der Waals surface area contributed by atoms with Crippen LogP contribution in [0.1, 0.15) is 33.4 Å². The number of amides is 1. The third-order valence-electron chi connectivity index (χ3n) is 4.49. The van der Waals surface area contributed by atoms with E-state index >= 15 is 0 Å². The van der Waals surface area contributed by atoms with Gasteiger partial charge in [0.15, 0.2) is 0 Å². The van der Waals surface area contributed by atoms with Gasteiger partial charge in [-0.15, -0.1) is 0 Å². The molecule has 2 heterocycles. The van der Waals surface area contributed by atoms with E-state index < -0.39 is 17.9 Å². The Morgan fingerprint density at radius 1 is 1.00 bits per heavy atom. The van der Waals surface area contributed by atoms with Gasteiger partial charge in [-0.2, -0.15) is 13.2 Å². The maximum atomic E-state index is 13.6. The Labute approximate surface area is 153 Å². The molecule has 1 atom stereocenters. The summed E-state index contributed by atoms with van der Waals surface area (Å²) in [5.74, 6) is 0.127. The highest BCUT2D eigenvalue weighted by atomic mass is 19.4. The topological polar surface area (TPSA) is 45.5 Å². The lowest BCUT2D eigenvalue weighted by Crippen LogP contribution is -2.43. The van der Waals surface area contributed by atoms with Gasteiger partial charge in [0.1, 0.15) is 11.9 Å². The van der Waals surface area contributed by atoms with Crippen LogP contribution in [0.2, 0.25) is 0 Å². The second-order valence-corrected chi connectivity index (χ2v) is 6.19. The minimum atomic E-state index is -4.53. The molecule has 0 saturated heterocycles. The van der Waals surface area contributed by atoms with E-state index in [2.05, 4.69) is 5.32 Å². The molecule has 0 aliphatic carbocycles. The lowest BCUT2D eigenvalue weighted by molar-refractivity contribution is -0.138. The Bertz CT molecular complexity index is 967. The Morgan fingerprint density at radius 3 is 2.48 bits per heavy atom. The van der Waals surface area contributed by atoms with E-state index in [1.54, 1.807) is 36.4 Å². The highest BCUT2D eigenvalue weighted by Gasteiger charge is 2.40. The average Bonchev–Trinajstić information content (AvgIpc) is 3.16. The molecule has 27 heavy (non-hydrogen) atoms. The first-order chi connectivity index (χ1) is 12.9. The lowest BCUT2D eigenvalue weighted by atomic mass is 9.99. The summed E-state index contributed by atoms with van der Waals surface area (Å²) in [5.41, 5.74) is 0.114. The highest BCUT2D eigenvalue weighted by Crippen LogP contribution is 2.40. The Morgan fingerprint density at radius 2 is 1.74 bits per heavy atom. The number of furan rings is 1. The Hall–Kier alpha value is -3.22. The normalized spacial score (nSPS) is 16.8. The molecule has 0 saturated carbocycles. The molecule has 1 unspecified atom stereocenters. The van der Waals surface area contributed by atoms with Crippen molar-refractivity contribution in [1.82, 2.24) is 4.90 Å². The summed E-state index contributed by atoms with van der Waals surface area (Å²) in [6.07, 6.45) is -4.05. The minimum Gasteiger partial charge on any atom is -0.467 e. The fraction of sp³-hybridized carbons (Fsp3) is 0.150. The molecule has 1 aliphatic heterocycles. The standard InChI is InChI=1S/C20H15F3N2O2/c21-20(22,23)16-9-3-1-7-14(16)18-24-17-10-4-2-8-15(17)19(26)25(18)12-13-6-5-11-27-13/h1-11,18,24H,12H2. The second-order valence-electron chi connectivity index (χ2n) is 6.19. The summed E-state index contributed by atoms with van der Waals surface area (Å²) in [4.78, 5) is 14.4. The van der Waals surface area contributed by atoms with E-state index in [-0.39, 0.29) is 18.0 Å². The summed E-state index contributed by atoms with van der Waals surface area (Å²) in [7, 11) is 0. The molecule has 0 radical (unpaired) electrons. The molecule has 1 aliphatic rings. The zero-order valence-corrected chi connectivity index (χ0v) is 14.0. The van der Waals surface area contributed by atoms with Gasteiger partial charge in [-0.25, -0.2) is 0 Å². The Balaban J connectivity index is 1.83. The summed E-state index contributed by atoms with van der Waals surface area (Å²) >= 11 is 0. The average molecular weight is 372 g/mol. The SMILES string of the molecule is O=C1c2ccccc2NC(c2ccccc2C(F)(F)F)N1Cc1ccco1. The van der Waals surface area contributed by atoms with Crippen molar-refractivity contribution in [3.05, 3.63) is 89.4 Å². The molecular weight excluding hydrogens is 357 g/mol. The largest absolute Gasteiger partial charge is 0.467 e. The summed E-state index contributed by atoms with van der Waals surface area (Å²) < 4.78 is 46.0. The van der Waals surface area contributed by atoms with Gasteiger partial charge in [0.25, 0.3) is 5.91 Å². The molecule has 3 aromatic rings. The quantitative estimate of drug-likeness (QED) is 0.699. The molecule has 138 valence electrons. The molecule has 0 fully saturated rings. The van der Waals surface area contributed by atoms with Crippen molar-refractivity contribution in [2.24, 2.45) is 0 Å². The molecule has 1 N–H and O–H groups in total. The van der Waals surface area contributed by atoms with Gasteiger partial charge >= 0.3 is 6.18 Å². The van der Waals surface area contributed by atoms with Gasteiger partial charge in [-0.05, 0) is 30.3 Å². The van der Waals surface area contributed by atoms with Crippen LogP contribution in [0.4, 0.5) is 18.9 Å². The molecule has 7 heteroatoms. The van der Waals surface area contributed by atoms with Gasteiger partial charge < -0.3 is 14.6 Å². The third kappa shape index (κ3) is 3.16. The van der Waals surface area contributed by atoms with Crippen molar-refractivity contribution in [2.75, 3.05) is 5.32 Å². The van der Waals surface area contributed by atoms with Crippen molar-refractivity contribution in [1.29, 1.82) is 0 Å². The maximum absolute atomic E-state index is 13.6. The predicted octanol–water partition coefficient (Wildman–Crippen LogP) is 5.07. The monoisotopic (exact) mass is 372 g/mol. The minimum absolute atomic E-state index is 0.0144. The number of rotatable bonds is 3. The zero-order chi connectivity index (χ0) is 19.0. The number of fused-ring (bicyclic) bond motifs is 1. The number of alkyl halides is 3. The van der Waals surface area contributed by atoms with E-state index in [9.17, 15) is 18.0 Å². The van der Waals surface area contributed by atoms with Gasteiger partial charge in [-0.1, -0.05) is 30.3 Å². The van der Waals surface area contributed by atoms with Gasteiger partial charge in [0, 0.05) is 11.3 Å². The van der Waals surface area contributed by atoms with E-state index in [0.29, 0.717) is 17.0 Å². The third-order valence-corrected chi connectivity index (χ3v) is 4.49. The van der Waals surface area contributed by atoms with E-state index in [4.69, 9.17) is 4.42 Å². The van der Waals surface area contributed by atoms with E-state index in [0.717, 1.165) is 6.07 Å². The van der Waals surface area contributed by atoms with Gasteiger partial charge in [0.05, 0.1) is 23.9 Å². The number of nitrogens with one attached hydrogen (secondary N) is 1. The van der Waals surface area contributed by atoms with Crippen molar-refractivity contribution >= 4 is 11.6 Å². The first kappa shape index (κ1) is 17.2. The van der Waals surface area contributed by atoms with Crippen LogP contribution in [-0.4, -0.2) is 10.8 Å². The fourth-order valence-corrected chi connectivity index (χ4v) is 3.27. The van der Waals surface area contributed by atoms with Crippen LogP contribution < -0.4 is 5.32 Å². The number of nitrogens with zero attached hydrogens (tertiary/aromatic N) is 1. The number of anilines is 1. The number of halogens is 3. The van der Waals surface area contributed by atoms with Crippen LogP contribution >= 0.6 is 0 Å². The molecule has 4 rings (SSSR count). The fourth-order valence-electron chi connectivity index (χ4n) is 3.27. The van der Waals surface area contributed by atoms with Crippen LogP contribution in [-0.2, 0) is 12.7 Å². The smallest absolute Gasteiger partial charge is 0.416 e. The molecule has 0 bridgehead atoms. The van der Waals surface area contributed by atoms with Crippen LogP contribution in [0, 0.1) is 0 Å². The Kier molecular flexibility index (Phi) is 4.14. The summed E-state index contributed by atoms with van der Waals surface area (Å²) in [5, 5.41) is 3.08. The lowest BCUT2D eigenvalue weighted by Gasteiger charge is -2.38. The van der Waals surface area contributed by atoms with Gasteiger partial charge in [0.2, 0.25) is 0 Å². The van der Waals surface area contributed by atoms with Crippen molar-refractivity contribution in [3.8, 4) is 0 Å². The second kappa shape index (κ2) is 6.50. The van der Waals surface area contributed by atoms with Crippen LogP contribution in [0.3, 0.4) is 0 Å². The van der Waals surface area contributed by atoms with E-state index in [1.165, 1.54) is 29.4 Å².